The van der Waals surface area contributed by atoms with E-state index in [2.05, 4.69) is 37.1 Å². The first-order chi connectivity index (χ1) is 8.04. The van der Waals surface area contributed by atoms with Crippen molar-refractivity contribution in [2.24, 2.45) is 5.92 Å². The molecule has 3 atom stereocenters. The second-order valence-corrected chi connectivity index (χ2v) is 5.59. The SMILES string of the molecule is CCNC(C)(C#N)CC(C)N1CCC(CC)C1. The Morgan fingerprint density at radius 1 is 1.53 bits per heavy atom. The largest absolute Gasteiger partial charge is 0.300 e. The van der Waals surface area contributed by atoms with Gasteiger partial charge in [-0.25, -0.2) is 0 Å². The smallest absolute Gasteiger partial charge is 0.105 e. The predicted molar refractivity (Wildman–Crippen MR) is 71.7 cm³/mol. The average molecular weight is 237 g/mol. The number of hydrogen-bond donors (Lipinski definition) is 1. The lowest BCUT2D eigenvalue weighted by Crippen LogP contribution is -2.46. The molecule has 3 unspecified atom stereocenters. The maximum atomic E-state index is 9.28. The Morgan fingerprint density at radius 2 is 2.24 bits per heavy atom. The van der Waals surface area contributed by atoms with Gasteiger partial charge in [0.05, 0.1) is 6.07 Å². The van der Waals surface area contributed by atoms with Crippen molar-refractivity contribution >= 4 is 0 Å². The summed E-state index contributed by atoms with van der Waals surface area (Å²) in [6, 6.07) is 2.92. The first-order valence-corrected chi connectivity index (χ1v) is 6.95. The molecule has 1 saturated heterocycles. The minimum atomic E-state index is -0.377. The molecule has 0 amide bonds. The van der Waals surface area contributed by atoms with Crippen LogP contribution in [0.2, 0.25) is 0 Å². The van der Waals surface area contributed by atoms with Crippen molar-refractivity contribution in [1.82, 2.24) is 10.2 Å². The van der Waals surface area contributed by atoms with Crippen molar-refractivity contribution in [1.29, 1.82) is 5.26 Å². The van der Waals surface area contributed by atoms with E-state index in [4.69, 9.17) is 0 Å². The minimum Gasteiger partial charge on any atom is -0.300 e. The van der Waals surface area contributed by atoms with Crippen molar-refractivity contribution in [3.8, 4) is 6.07 Å². The van der Waals surface area contributed by atoms with Gasteiger partial charge in [0.2, 0.25) is 0 Å². The molecule has 1 fully saturated rings. The molecule has 0 radical (unpaired) electrons. The van der Waals surface area contributed by atoms with E-state index in [1.54, 1.807) is 0 Å². The van der Waals surface area contributed by atoms with Crippen LogP contribution in [0, 0.1) is 17.2 Å². The Bertz CT molecular complexity index is 271. The topological polar surface area (TPSA) is 39.1 Å². The third-order valence-corrected chi connectivity index (χ3v) is 4.04. The van der Waals surface area contributed by atoms with E-state index in [-0.39, 0.29) is 5.54 Å². The lowest BCUT2D eigenvalue weighted by molar-refractivity contribution is 0.207. The highest BCUT2D eigenvalue weighted by atomic mass is 15.2. The second kappa shape index (κ2) is 6.37. The Hall–Kier alpha value is -0.590. The van der Waals surface area contributed by atoms with Crippen LogP contribution in [0.15, 0.2) is 0 Å². The molecular formula is C14H27N3. The molecule has 1 aliphatic heterocycles. The third-order valence-electron chi connectivity index (χ3n) is 4.04. The Morgan fingerprint density at radius 3 is 2.71 bits per heavy atom. The fourth-order valence-electron chi connectivity index (χ4n) is 2.86. The number of nitrogens with one attached hydrogen (secondary N) is 1. The summed E-state index contributed by atoms with van der Waals surface area (Å²) in [5, 5.41) is 12.6. The number of hydrogen-bond acceptors (Lipinski definition) is 3. The molecule has 1 rings (SSSR count). The van der Waals surface area contributed by atoms with Crippen LogP contribution in [0.3, 0.4) is 0 Å². The fourth-order valence-corrected chi connectivity index (χ4v) is 2.86. The summed E-state index contributed by atoms with van der Waals surface area (Å²) in [6.45, 7) is 11.9. The van der Waals surface area contributed by atoms with Gasteiger partial charge in [-0.2, -0.15) is 5.26 Å². The number of likely N-dealkylation sites (tertiary alicyclic amines) is 1. The summed E-state index contributed by atoms with van der Waals surface area (Å²) in [6.07, 6.45) is 3.52. The van der Waals surface area contributed by atoms with Crippen LogP contribution in [0.5, 0.6) is 0 Å². The van der Waals surface area contributed by atoms with Gasteiger partial charge in [-0.05, 0) is 45.7 Å². The van der Waals surface area contributed by atoms with Gasteiger partial charge >= 0.3 is 0 Å². The van der Waals surface area contributed by atoms with Crippen LogP contribution < -0.4 is 5.32 Å². The zero-order valence-corrected chi connectivity index (χ0v) is 11.8. The summed E-state index contributed by atoms with van der Waals surface area (Å²) in [5.74, 6) is 0.866. The van der Waals surface area contributed by atoms with E-state index < -0.39 is 0 Å². The molecule has 0 spiro atoms. The van der Waals surface area contributed by atoms with Gasteiger partial charge in [0.15, 0.2) is 0 Å². The van der Waals surface area contributed by atoms with Gasteiger partial charge in [0, 0.05) is 12.6 Å². The first kappa shape index (κ1) is 14.5. The zero-order chi connectivity index (χ0) is 12.9. The summed E-state index contributed by atoms with van der Waals surface area (Å²) in [5.41, 5.74) is -0.377. The summed E-state index contributed by atoms with van der Waals surface area (Å²) in [4.78, 5) is 2.54. The van der Waals surface area contributed by atoms with E-state index in [1.165, 1.54) is 25.9 Å². The van der Waals surface area contributed by atoms with Crippen LogP contribution in [-0.2, 0) is 0 Å². The van der Waals surface area contributed by atoms with E-state index in [1.807, 2.05) is 6.92 Å². The van der Waals surface area contributed by atoms with Crippen molar-refractivity contribution in [2.45, 2.75) is 58.5 Å². The van der Waals surface area contributed by atoms with E-state index >= 15 is 0 Å². The van der Waals surface area contributed by atoms with Crippen molar-refractivity contribution < 1.29 is 0 Å². The molecule has 17 heavy (non-hydrogen) atoms. The average Bonchev–Trinajstić information content (AvgIpc) is 2.78. The van der Waals surface area contributed by atoms with E-state index in [9.17, 15) is 5.26 Å². The van der Waals surface area contributed by atoms with Gasteiger partial charge < -0.3 is 4.90 Å². The van der Waals surface area contributed by atoms with Gasteiger partial charge in [-0.3, -0.25) is 5.32 Å². The quantitative estimate of drug-likeness (QED) is 0.771. The highest BCUT2D eigenvalue weighted by Crippen LogP contribution is 2.24. The van der Waals surface area contributed by atoms with Crippen LogP contribution in [-0.4, -0.2) is 36.1 Å². The van der Waals surface area contributed by atoms with E-state index in [0.29, 0.717) is 6.04 Å². The molecule has 1 heterocycles. The number of nitriles is 1. The highest BCUT2D eigenvalue weighted by molar-refractivity contribution is 5.05. The number of rotatable bonds is 6. The molecule has 0 aliphatic carbocycles. The van der Waals surface area contributed by atoms with Crippen LogP contribution >= 0.6 is 0 Å². The highest BCUT2D eigenvalue weighted by Gasteiger charge is 2.31. The van der Waals surface area contributed by atoms with E-state index in [0.717, 1.165) is 18.9 Å². The minimum absolute atomic E-state index is 0.377. The van der Waals surface area contributed by atoms with Crippen LogP contribution in [0.4, 0.5) is 0 Å². The van der Waals surface area contributed by atoms with Gasteiger partial charge in [0.1, 0.15) is 5.54 Å². The molecule has 1 N–H and O–H groups in total. The summed E-state index contributed by atoms with van der Waals surface area (Å²) in [7, 11) is 0. The summed E-state index contributed by atoms with van der Waals surface area (Å²) < 4.78 is 0. The standard InChI is InChI=1S/C14H27N3/c1-5-13-7-8-17(10-13)12(3)9-14(4,11-15)16-6-2/h12-13,16H,5-10H2,1-4H3. The van der Waals surface area contributed by atoms with Gasteiger partial charge in [0.25, 0.3) is 0 Å². The lowest BCUT2D eigenvalue weighted by atomic mass is 9.94. The van der Waals surface area contributed by atoms with Gasteiger partial charge in [-0.15, -0.1) is 0 Å². The first-order valence-electron chi connectivity index (χ1n) is 6.95. The lowest BCUT2D eigenvalue weighted by Gasteiger charge is -2.31. The molecule has 3 heteroatoms. The van der Waals surface area contributed by atoms with Crippen molar-refractivity contribution in [3.05, 3.63) is 0 Å². The molecule has 0 saturated carbocycles. The Balaban J connectivity index is 2.48. The van der Waals surface area contributed by atoms with Crippen LogP contribution in [0.1, 0.15) is 47.0 Å². The second-order valence-electron chi connectivity index (χ2n) is 5.59. The monoisotopic (exact) mass is 237 g/mol. The third kappa shape index (κ3) is 3.97. The molecule has 1 aliphatic rings. The maximum Gasteiger partial charge on any atom is 0.105 e. The molecule has 0 bridgehead atoms. The normalized spacial score (nSPS) is 26.4. The Labute approximate surface area is 106 Å². The summed E-state index contributed by atoms with van der Waals surface area (Å²) >= 11 is 0. The fraction of sp³-hybridized carbons (Fsp3) is 0.929. The molecule has 3 nitrogen and oxygen atoms in total. The zero-order valence-electron chi connectivity index (χ0n) is 11.8. The molecule has 0 aromatic rings. The molecule has 98 valence electrons. The maximum absolute atomic E-state index is 9.28. The predicted octanol–water partition coefficient (Wildman–Crippen LogP) is 2.39. The van der Waals surface area contributed by atoms with Crippen molar-refractivity contribution in [2.75, 3.05) is 19.6 Å². The van der Waals surface area contributed by atoms with Crippen LogP contribution in [0.25, 0.3) is 0 Å². The Kier molecular flexibility index (Phi) is 5.42. The molecule has 0 aromatic carbocycles. The molecule has 0 aromatic heterocycles. The van der Waals surface area contributed by atoms with Crippen molar-refractivity contribution in [3.63, 3.8) is 0 Å². The molecular weight excluding hydrogens is 210 g/mol. The number of nitrogens with zero attached hydrogens (tertiary/aromatic N) is 2. The van der Waals surface area contributed by atoms with Gasteiger partial charge in [-0.1, -0.05) is 20.3 Å².